The van der Waals surface area contributed by atoms with Crippen molar-refractivity contribution in [3.05, 3.63) is 70.8 Å². The Balaban J connectivity index is 1.97. The lowest BCUT2D eigenvalue weighted by Gasteiger charge is -2.18. The van der Waals surface area contributed by atoms with Crippen molar-refractivity contribution in [2.24, 2.45) is 0 Å². The van der Waals surface area contributed by atoms with Gasteiger partial charge in [-0.05, 0) is 59.7 Å². The molecule has 4 rings (SSSR count). The molecule has 0 saturated heterocycles. The number of ketones is 4. The van der Waals surface area contributed by atoms with Crippen LogP contribution < -0.4 is 9.47 Å². The van der Waals surface area contributed by atoms with Crippen LogP contribution in [-0.4, -0.2) is 37.4 Å². The third-order valence-corrected chi connectivity index (χ3v) is 4.77. The summed E-state index contributed by atoms with van der Waals surface area (Å²) in [6.07, 6.45) is 4.86. The van der Waals surface area contributed by atoms with Crippen LogP contribution >= 0.6 is 0 Å². The lowest BCUT2D eigenvalue weighted by molar-refractivity contribution is 0.0991. The summed E-state index contributed by atoms with van der Waals surface area (Å²) in [6, 6.07) is 6.39. The first-order valence-electron chi connectivity index (χ1n) is 8.42. The highest BCUT2D eigenvalue weighted by atomic mass is 16.5. The number of allylic oxidation sites excluding steroid dienone is 4. The third kappa shape index (κ3) is 2.58. The van der Waals surface area contributed by atoms with E-state index >= 15 is 0 Å². The number of methoxy groups -OCH3 is 2. The van der Waals surface area contributed by atoms with Crippen molar-refractivity contribution in [1.29, 1.82) is 0 Å². The predicted octanol–water partition coefficient (Wildman–Crippen LogP) is 3.24. The summed E-state index contributed by atoms with van der Waals surface area (Å²) in [5.41, 5.74) is 1.98. The number of benzene rings is 2. The molecule has 0 aromatic heterocycles. The highest BCUT2D eigenvalue weighted by Gasteiger charge is 2.27. The van der Waals surface area contributed by atoms with Gasteiger partial charge >= 0.3 is 0 Å². The lowest BCUT2D eigenvalue weighted by atomic mass is 9.87. The molecule has 2 aromatic carbocycles. The Bertz CT molecular complexity index is 1060. The van der Waals surface area contributed by atoms with Crippen molar-refractivity contribution >= 4 is 23.1 Å². The molecule has 0 radical (unpaired) electrons. The minimum atomic E-state index is -0.313. The number of fused-ring (bicyclic) bond motifs is 2. The Morgan fingerprint density at radius 1 is 0.536 bits per heavy atom. The van der Waals surface area contributed by atoms with Gasteiger partial charge in [0, 0.05) is 11.1 Å². The van der Waals surface area contributed by atoms with Gasteiger partial charge < -0.3 is 9.47 Å². The fourth-order valence-electron chi connectivity index (χ4n) is 3.43. The van der Waals surface area contributed by atoms with E-state index in [1.165, 1.54) is 38.5 Å². The molecule has 2 aliphatic carbocycles. The predicted molar refractivity (Wildman–Crippen MR) is 101 cm³/mol. The van der Waals surface area contributed by atoms with Crippen LogP contribution in [0.4, 0.5) is 0 Å². The molecule has 2 aromatic rings. The van der Waals surface area contributed by atoms with Gasteiger partial charge in [0.15, 0.2) is 23.1 Å². The van der Waals surface area contributed by atoms with Gasteiger partial charge in [-0.1, -0.05) is 0 Å². The molecular formula is C22H14O6. The Kier molecular flexibility index (Phi) is 4.04. The molecule has 0 fully saturated rings. The molecule has 0 aliphatic heterocycles. The molecule has 28 heavy (non-hydrogen) atoms. The van der Waals surface area contributed by atoms with Crippen molar-refractivity contribution in [2.75, 3.05) is 14.2 Å². The van der Waals surface area contributed by atoms with Crippen LogP contribution in [0.3, 0.4) is 0 Å². The first-order valence-corrected chi connectivity index (χ1v) is 8.42. The van der Waals surface area contributed by atoms with Gasteiger partial charge in [0.05, 0.1) is 25.3 Å². The molecule has 2 aliphatic rings. The van der Waals surface area contributed by atoms with Gasteiger partial charge in [-0.2, -0.15) is 0 Å². The van der Waals surface area contributed by atoms with E-state index in [2.05, 4.69) is 0 Å². The fraction of sp³-hybridized carbons (Fsp3) is 0.0909. The van der Waals surface area contributed by atoms with E-state index in [1.54, 1.807) is 24.3 Å². The summed E-state index contributed by atoms with van der Waals surface area (Å²) in [4.78, 5) is 49.0. The zero-order chi connectivity index (χ0) is 20.0. The molecule has 0 unspecified atom stereocenters. The molecule has 0 heterocycles. The lowest BCUT2D eigenvalue weighted by Crippen LogP contribution is -2.14. The zero-order valence-electron chi connectivity index (χ0n) is 15.1. The summed E-state index contributed by atoms with van der Waals surface area (Å²) in [6.45, 7) is 0. The minimum absolute atomic E-state index is 0.206. The average molecular weight is 374 g/mol. The van der Waals surface area contributed by atoms with E-state index < -0.39 is 0 Å². The van der Waals surface area contributed by atoms with E-state index in [0.717, 1.165) is 0 Å². The van der Waals surface area contributed by atoms with Gasteiger partial charge in [-0.3, -0.25) is 19.2 Å². The summed E-state index contributed by atoms with van der Waals surface area (Å²) < 4.78 is 10.7. The summed E-state index contributed by atoms with van der Waals surface area (Å²) in [5.74, 6) is -0.732. The number of ether oxygens (including phenoxy) is 2. The van der Waals surface area contributed by atoms with Crippen LogP contribution in [0.25, 0.3) is 11.1 Å². The van der Waals surface area contributed by atoms with Crippen molar-refractivity contribution < 1.29 is 28.7 Å². The largest absolute Gasteiger partial charge is 0.496 e. The molecule has 6 nitrogen and oxygen atoms in total. The van der Waals surface area contributed by atoms with E-state index in [0.29, 0.717) is 11.1 Å². The second kappa shape index (κ2) is 6.42. The fourth-order valence-corrected chi connectivity index (χ4v) is 3.43. The highest BCUT2D eigenvalue weighted by Crippen LogP contribution is 2.37. The summed E-state index contributed by atoms with van der Waals surface area (Å²) in [5, 5.41) is 0. The normalized spacial score (nSPS) is 14.8. The smallest absolute Gasteiger partial charge is 0.190 e. The van der Waals surface area contributed by atoms with Crippen molar-refractivity contribution in [2.45, 2.75) is 0 Å². The third-order valence-electron chi connectivity index (χ3n) is 4.77. The average Bonchev–Trinajstić information content (AvgIpc) is 2.71. The second-order valence-corrected chi connectivity index (χ2v) is 6.33. The first kappa shape index (κ1) is 17.6. The Morgan fingerprint density at radius 2 is 0.893 bits per heavy atom. The maximum absolute atomic E-state index is 12.3. The number of carbonyl (C=O) groups is 4. The van der Waals surface area contributed by atoms with E-state index in [1.807, 2.05) is 0 Å². The van der Waals surface area contributed by atoms with Crippen LogP contribution in [0.15, 0.2) is 48.6 Å². The van der Waals surface area contributed by atoms with Crippen LogP contribution in [-0.2, 0) is 0 Å². The maximum atomic E-state index is 12.3. The van der Waals surface area contributed by atoms with Crippen LogP contribution in [0.1, 0.15) is 41.4 Å². The molecule has 138 valence electrons. The molecule has 0 saturated carbocycles. The van der Waals surface area contributed by atoms with Gasteiger partial charge in [0.1, 0.15) is 11.5 Å². The van der Waals surface area contributed by atoms with Crippen LogP contribution in [0, 0.1) is 0 Å². The summed E-state index contributed by atoms with van der Waals surface area (Å²) in [7, 11) is 2.83. The van der Waals surface area contributed by atoms with Crippen molar-refractivity contribution in [3.8, 4) is 22.6 Å². The quantitative estimate of drug-likeness (QED) is 0.820. The molecule has 0 amide bonds. The first-order chi connectivity index (χ1) is 13.4. The SMILES string of the molecule is COc1cc(-c2cc(OC)c3c(c2)C(=O)C=CC3=O)cc2c1C(=O)C=CC2=O. The van der Waals surface area contributed by atoms with Gasteiger partial charge in [-0.25, -0.2) is 0 Å². The molecular weight excluding hydrogens is 360 g/mol. The molecule has 0 N–H and O–H groups in total. The highest BCUT2D eigenvalue weighted by molar-refractivity contribution is 6.25. The Hall–Kier alpha value is -3.80. The van der Waals surface area contributed by atoms with E-state index in [-0.39, 0.29) is 56.9 Å². The number of rotatable bonds is 3. The molecule has 0 bridgehead atoms. The van der Waals surface area contributed by atoms with Crippen molar-refractivity contribution in [3.63, 3.8) is 0 Å². The number of hydrogen-bond donors (Lipinski definition) is 0. The second-order valence-electron chi connectivity index (χ2n) is 6.33. The van der Waals surface area contributed by atoms with Crippen LogP contribution in [0.5, 0.6) is 11.5 Å². The monoisotopic (exact) mass is 374 g/mol. The van der Waals surface area contributed by atoms with E-state index in [9.17, 15) is 19.2 Å². The number of carbonyl (C=O) groups excluding carboxylic acids is 4. The Morgan fingerprint density at radius 3 is 1.25 bits per heavy atom. The molecule has 6 heteroatoms. The van der Waals surface area contributed by atoms with Gasteiger partial charge in [0.25, 0.3) is 0 Å². The summed E-state index contributed by atoms with van der Waals surface area (Å²) >= 11 is 0. The maximum Gasteiger partial charge on any atom is 0.190 e. The molecule has 0 spiro atoms. The van der Waals surface area contributed by atoms with Crippen LogP contribution in [0.2, 0.25) is 0 Å². The topological polar surface area (TPSA) is 86.7 Å². The standard InChI is InChI=1S/C22H14O6/c1-27-19-9-11(7-13-15(23)3-5-17(25)21(13)19)12-8-14-16(24)4-6-18(26)22(14)20(10-12)28-2/h3-10H,1-2H3. The molecule has 0 atom stereocenters. The number of hydrogen-bond acceptors (Lipinski definition) is 6. The Labute approximate surface area is 160 Å². The van der Waals surface area contributed by atoms with E-state index in [4.69, 9.17) is 9.47 Å². The van der Waals surface area contributed by atoms with Crippen molar-refractivity contribution in [1.82, 2.24) is 0 Å². The van der Waals surface area contributed by atoms with Gasteiger partial charge in [0.2, 0.25) is 0 Å². The zero-order valence-corrected chi connectivity index (χ0v) is 15.1. The van der Waals surface area contributed by atoms with Gasteiger partial charge in [-0.15, -0.1) is 0 Å². The minimum Gasteiger partial charge on any atom is -0.496 e.